The molecule has 0 aliphatic heterocycles. The zero-order valence-corrected chi connectivity index (χ0v) is 8.48. The molecule has 0 aliphatic carbocycles. The number of aliphatic carboxylic acids is 1. The van der Waals surface area contributed by atoms with Crippen molar-refractivity contribution in [2.75, 3.05) is 5.32 Å². The first-order chi connectivity index (χ1) is 6.97. The molecule has 0 bridgehead atoms. The van der Waals surface area contributed by atoms with Gasteiger partial charge in [0.05, 0.1) is 5.69 Å². The number of carboxylic acid groups (broad SMARTS) is 1. The van der Waals surface area contributed by atoms with Crippen molar-refractivity contribution in [1.29, 1.82) is 5.26 Å². The Bertz CT molecular complexity index is 421. The van der Waals surface area contributed by atoms with E-state index in [1.54, 1.807) is 12.1 Å². The number of carboxylic acids is 1. The van der Waals surface area contributed by atoms with Crippen molar-refractivity contribution >= 4 is 11.7 Å². The third kappa shape index (κ3) is 2.44. The fraction of sp³-hybridized carbons (Fsp3) is 0.300. The van der Waals surface area contributed by atoms with Crippen LogP contribution in [0.1, 0.15) is 19.5 Å². The molecule has 5 nitrogen and oxygen atoms in total. The molecule has 0 saturated carbocycles. The lowest BCUT2D eigenvalue weighted by molar-refractivity contribution is -0.141. The first kappa shape index (κ1) is 11.0. The number of hydrogen-bond acceptors (Lipinski definition) is 4. The Labute approximate surface area is 87.4 Å². The lowest BCUT2D eigenvalue weighted by atomic mass is 10.1. The van der Waals surface area contributed by atoms with Gasteiger partial charge in [-0.1, -0.05) is 0 Å². The molecule has 15 heavy (non-hydrogen) atoms. The molecule has 78 valence electrons. The first-order valence-electron chi connectivity index (χ1n) is 4.34. The second kappa shape index (κ2) is 3.96. The minimum atomic E-state index is -1.13. The normalized spacial score (nSPS) is 10.5. The SMILES string of the molecule is CC(C)(Nc1cccnc1C#N)C(=O)O. The number of rotatable bonds is 3. The summed E-state index contributed by atoms with van der Waals surface area (Å²) in [7, 11) is 0. The van der Waals surface area contributed by atoms with Crippen LogP contribution < -0.4 is 5.32 Å². The minimum absolute atomic E-state index is 0.187. The van der Waals surface area contributed by atoms with E-state index in [1.165, 1.54) is 20.0 Å². The standard InChI is InChI=1S/C10H11N3O2/c1-10(2,9(14)15)13-7-4-3-5-12-8(7)6-11/h3-5,13H,1-2H3,(H,14,15). The number of nitrogens with one attached hydrogen (secondary N) is 1. The highest BCUT2D eigenvalue weighted by atomic mass is 16.4. The molecule has 0 aromatic carbocycles. The van der Waals surface area contributed by atoms with Gasteiger partial charge in [0.1, 0.15) is 11.6 Å². The summed E-state index contributed by atoms with van der Waals surface area (Å²) < 4.78 is 0. The van der Waals surface area contributed by atoms with E-state index in [-0.39, 0.29) is 5.69 Å². The third-order valence-corrected chi connectivity index (χ3v) is 1.90. The van der Waals surface area contributed by atoms with Crippen LogP contribution in [0.2, 0.25) is 0 Å². The monoisotopic (exact) mass is 205 g/mol. The van der Waals surface area contributed by atoms with Gasteiger partial charge >= 0.3 is 5.97 Å². The van der Waals surface area contributed by atoms with Crippen LogP contribution in [0.3, 0.4) is 0 Å². The van der Waals surface area contributed by atoms with Gasteiger partial charge in [-0.05, 0) is 26.0 Å². The second-order valence-electron chi connectivity index (χ2n) is 3.57. The van der Waals surface area contributed by atoms with Crippen LogP contribution in [-0.2, 0) is 4.79 Å². The summed E-state index contributed by atoms with van der Waals surface area (Å²) in [5.41, 5.74) is -0.520. The van der Waals surface area contributed by atoms with Crippen molar-refractivity contribution in [3.8, 4) is 6.07 Å². The molecule has 5 heteroatoms. The van der Waals surface area contributed by atoms with E-state index in [1.807, 2.05) is 6.07 Å². The first-order valence-corrected chi connectivity index (χ1v) is 4.34. The van der Waals surface area contributed by atoms with E-state index >= 15 is 0 Å². The molecular formula is C10H11N3O2. The third-order valence-electron chi connectivity index (χ3n) is 1.90. The van der Waals surface area contributed by atoms with Crippen LogP contribution in [0, 0.1) is 11.3 Å². The summed E-state index contributed by atoms with van der Waals surface area (Å²) in [4.78, 5) is 14.7. The number of hydrogen-bond donors (Lipinski definition) is 2. The van der Waals surface area contributed by atoms with E-state index in [9.17, 15) is 4.79 Å². The Kier molecular flexibility index (Phi) is 2.90. The van der Waals surface area contributed by atoms with Crippen molar-refractivity contribution < 1.29 is 9.90 Å². The average Bonchev–Trinajstić information content (AvgIpc) is 2.18. The van der Waals surface area contributed by atoms with Gasteiger partial charge in [0, 0.05) is 6.20 Å². The number of carbonyl (C=O) groups is 1. The molecule has 0 aliphatic rings. The molecule has 1 rings (SSSR count). The second-order valence-corrected chi connectivity index (χ2v) is 3.57. The minimum Gasteiger partial charge on any atom is -0.480 e. The van der Waals surface area contributed by atoms with Crippen LogP contribution in [0.4, 0.5) is 5.69 Å². The molecule has 0 amide bonds. The van der Waals surface area contributed by atoms with E-state index in [0.717, 1.165) is 0 Å². The molecule has 0 atom stereocenters. The zero-order chi connectivity index (χ0) is 11.5. The molecule has 1 heterocycles. The van der Waals surface area contributed by atoms with Crippen LogP contribution in [-0.4, -0.2) is 21.6 Å². The van der Waals surface area contributed by atoms with Crippen molar-refractivity contribution in [3.05, 3.63) is 24.0 Å². The number of nitriles is 1. The summed E-state index contributed by atoms with van der Waals surface area (Å²) >= 11 is 0. The summed E-state index contributed by atoms with van der Waals surface area (Å²) in [5.74, 6) is -0.991. The zero-order valence-electron chi connectivity index (χ0n) is 8.48. The Balaban J connectivity index is 3.00. The predicted octanol–water partition coefficient (Wildman–Crippen LogP) is 1.23. The molecular weight excluding hydrogens is 194 g/mol. The van der Waals surface area contributed by atoms with Crippen molar-refractivity contribution in [2.24, 2.45) is 0 Å². The van der Waals surface area contributed by atoms with Crippen molar-refractivity contribution in [2.45, 2.75) is 19.4 Å². The van der Waals surface area contributed by atoms with E-state index < -0.39 is 11.5 Å². The molecule has 0 spiro atoms. The Morgan fingerprint density at radius 1 is 1.67 bits per heavy atom. The van der Waals surface area contributed by atoms with Crippen LogP contribution in [0.5, 0.6) is 0 Å². The smallest absolute Gasteiger partial charge is 0.328 e. The Hall–Kier alpha value is -2.09. The fourth-order valence-electron chi connectivity index (χ4n) is 0.985. The molecule has 0 radical (unpaired) electrons. The molecule has 1 aromatic heterocycles. The number of pyridine rings is 1. The molecule has 2 N–H and O–H groups in total. The average molecular weight is 205 g/mol. The summed E-state index contributed by atoms with van der Waals surface area (Å²) in [6, 6.07) is 5.15. The van der Waals surface area contributed by atoms with E-state index in [4.69, 9.17) is 10.4 Å². The largest absolute Gasteiger partial charge is 0.480 e. The maximum atomic E-state index is 10.9. The molecule has 0 unspecified atom stereocenters. The summed E-state index contributed by atoms with van der Waals surface area (Å²) in [6.45, 7) is 3.03. The number of aromatic nitrogens is 1. The van der Waals surface area contributed by atoms with Gasteiger partial charge < -0.3 is 10.4 Å². The number of nitrogens with zero attached hydrogens (tertiary/aromatic N) is 2. The van der Waals surface area contributed by atoms with Gasteiger partial charge in [0.2, 0.25) is 0 Å². The van der Waals surface area contributed by atoms with Crippen molar-refractivity contribution in [1.82, 2.24) is 4.98 Å². The highest BCUT2D eigenvalue weighted by Crippen LogP contribution is 2.17. The van der Waals surface area contributed by atoms with Gasteiger partial charge in [-0.15, -0.1) is 0 Å². The number of anilines is 1. The topological polar surface area (TPSA) is 86.0 Å². The highest BCUT2D eigenvalue weighted by molar-refractivity contribution is 5.82. The van der Waals surface area contributed by atoms with Crippen LogP contribution in [0.25, 0.3) is 0 Å². The molecule has 0 fully saturated rings. The van der Waals surface area contributed by atoms with Gasteiger partial charge in [-0.3, -0.25) is 0 Å². The van der Waals surface area contributed by atoms with Gasteiger partial charge in [-0.25, -0.2) is 9.78 Å². The highest BCUT2D eigenvalue weighted by Gasteiger charge is 2.27. The van der Waals surface area contributed by atoms with Gasteiger partial charge in [0.15, 0.2) is 5.69 Å². The maximum absolute atomic E-state index is 10.9. The quantitative estimate of drug-likeness (QED) is 0.775. The van der Waals surface area contributed by atoms with E-state index in [0.29, 0.717) is 5.69 Å². The van der Waals surface area contributed by atoms with Gasteiger partial charge in [-0.2, -0.15) is 5.26 Å². The van der Waals surface area contributed by atoms with E-state index in [2.05, 4.69) is 10.3 Å². The lowest BCUT2D eigenvalue weighted by Gasteiger charge is -2.22. The molecule has 0 saturated heterocycles. The Morgan fingerprint density at radius 3 is 2.87 bits per heavy atom. The van der Waals surface area contributed by atoms with Crippen LogP contribution in [0.15, 0.2) is 18.3 Å². The summed E-state index contributed by atoms with van der Waals surface area (Å²) in [5, 5.41) is 20.4. The lowest BCUT2D eigenvalue weighted by Crippen LogP contribution is -2.40. The van der Waals surface area contributed by atoms with Gasteiger partial charge in [0.25, 0.3) is 0 Å². The fourth-order valence-corrected chi connectivity index (χ4v) is 0.985. The Morgan fingerprint density at radius 2 is 2.33 bits per heavy atom. The predicted molar refractivity (Wildman–Crippen MR) is 54.3 cm³/mol. The van der Waals surface area contributed by atoms with Crippen molar-refractivity contribution in [3.63, 3.8) is 0 Å². The summed E-state index contributed by atoms with van der Waals surface area (Å²) in [6.07, 6.45) is 1.48. The van der Waals surface area contributed by atoms with Crippen LogP contribution >= 0.6 is 0 Å². The molecule has 1 aromatic rings. The maximum Gasteiger partial charge on any atom is 0.328 e.